The van der Waals surface area contributed by atoms with Gasteiger partial charge in [-0.1, -0.05) is 24.3 Å². The van der Waals surface area contributed by atoms with Crippen molar-refractivity contribution >= 4 is 37.3 Å². The van der Waals surface area contributed by atoms with Gasteiger partial charge in [0.15, 0.2) is 0 Å². The van der Waals surface area contributed by atoms with E-state index in [1.807, 2.05) is 12.1 Å². The van der Waals surface area contributed by atoms with Gasteiger partial charge in [-0.3, -0.25) is 4.72 Å². The van der Waals surface area contributed by atoms with Gasteiger partial charge in [0.05, 0.1) is 20.7 Å². The Balaban J connectivity index is 1.77. The first kappa shape index (κ1) is 18.2. The summed E-state index contributed by atoms with van der Waals surface area (Å²) in [5.74, 6) is 0. The fourth-order valence-corrected chi connectivity index (χ4v) is 4.60. The Morgan fingerprint density at radius 3 is 2.32 bits per heavy atom. The van der Waals surface area contributed by atoms with Crippen LogP contribution < -0.4 is 10.0 Å². The Morgan fingerprint density at radius 2 is 1.64 bits per heavy atom. The number of nitrogens with zero attached hydrogens (tertiary/aromatic N) is 1. The van der Waals surface area contributed by atoms with E-state index < -0.39 is 10.0 Å². The number of rotatable bonds is 5. The van der Waals surface area contributed by atoms with Gasteiger partial charge in [-0.2, -0.15) is 0 Å². The van der Waals surface area contributed by atoms with Gasteiger partial charge in [-0.25, -0.2) is 8.42 Å². The van der Waals surface area contributed by atoms with Crippen LogP contribution >= 0.6 is 15.9 Å². The highest BCUT2D eigenvalue weighted by molar-refractivity contribution is 9.10. The van der Waals surface area contributed by atoms with Gasteiger partial charge in [0.1, 0.15) is 0 Å². The second-order valence-corrected chi connectivity index (χ2v) is 8.78. The van der Waals surface area contributed by atoms with Gasteiger partial charge in [-0.15, -0.1) is 0 Å². The summed E-state index contributed by atoms with van der Waals surface area (Å²) in [5, 5.41) is 3.53. The van der Waals surface area contributed by atoms with Crippen LogP contribution in [0.15, 0.2) is 57.9 Å². The van der Waals surface area contributed by atoms with Crippen LogP contribution in [0.2, 0.25) is 0 Å². The molecule has 7 heteroatoms. The maximum absolute atomic E-state index is 12.5. The van der Waals surface area contributed by atoms with Crippen LogP contribution in [0.3, 0.4) is 0 Å². The molecule has 1 aliphatic heterocycles. The summed E-state index contributed by atoms with van der Waals surface area (Å²) in [6.45, 7) is 2.13. The maximum Gasteiger partial charge on any atom is 0.261 e. The fraction of sp³-hybridized carbons (Fsp3) is 0.333. The van der Waals surface area contributed by atoms with E-state index in [0.29, 0.717) is 11.7 Å². The van der Waals surface area contributed by atoms with E-state index in [0.717, 1.165) is 36.1 Å². The number of piperidine rings is 1. The molecule has 0 unspecified atom stereocenters. The minimum absolute atomic E-state index is 0.246. The predicted octanol–water partition coefficient (Wildman–Crippen LogP) is 3.76. The molecule has 0 aromatic heterocycles. The van der Waals surface area contributed by atoms with Crippen molar-refractivity contribution in [3.63, 3.8) is 0 Å². The highest BCUT2D eigenvalue weighted by Gasteiger charge is 2.19. The number of halogens is 1. The molecule has 0 saturated carbocycles. The van der Waals surface area contributed by atoms with Crippen molar-refractivity contribution in [1.29, 1.82) is 0 Å². The molecule has 2 aromatic carbocycles. The highest BCUT2D eigenvalue weighted by Crippen LogP contribution is 2.33. The van der Waals surface area contributed by atoms with Crippen LogP contribution in [0.4, 0.5) is 11.4 Å². The summed E-state index contributed by atoms with van der Waals surface area (Å²) in [6.07, 6.45) is 2.14. The monoisotopic (exact) mass is 423 g/mol. The van der Waals surface area contributed by atoms with Crippen molar-refractivity contribution in [3.8, 4) is 0 Å². The molecule has 134 valence electrons. The first-order valence-corrected chi connectivity index (χ1v) is 10.5. The largest absolute Gasteiger partial charge is 0.381 e. The quantitative estimate of drug-likeness (QED) is 0.768. The number of hydrogen-bond acceptors (Lipinski definition) is 4. The average Bonchev–Trinajstić information content (AvgIpc) is 2.61. The van der Waals surface area contributed by atoms with Crippen molar-refractivity contribution < 1.29 is 8.42 Å². The molecule has 0 atom stereocenters. The molecule has 0 spiro atoms. The van der Waals surface area contributed by atoms with Crippen molar-refractivity contribution in [1.82, 2.24) is 4.90 Å². The van der Waals surface area contributed by atoms with Crippen LogP contribution in [0.1, 0.15) is 12.8 Å². The molecule has 0 bridgehead atoms. The van der Waals surface area contributed by atoms with E-state index in [1.54, 1.807) is 36.4 Å². The lowest BCUT2D eigenvalue weighted by molar-refractivity contribution is 0.264. The molecule has 2 N–H and O–H groups in total. The highest BCUT2D eigenvalue weighted by atomic mass is 79.9. The van der Waals surface area contributed by atoms with E-state index in [-0.39, 0.29) is 4.90 Å². The molecule has 0 aliphatic carbocycles. The van der Waals surface area contributed by atoms with Crippen LogP contribution in [0.25, 0.3) is 0 Å². The smallest absolute Gasteiger partial charge is 0.261 e. The fourth-order valence-electron chi connectivity index (χ4n) is 2.90. The Labute approximate surface area is 157 Å². The molecule has 5 nitrogen and oxygen atoms in total. The third-order valence-corrected chi connectivity index (χ3v) is 6.61. The van der Waals surface area contributed by atoms with E-state index in [2.05, 4.69) is 37.9 Å². The van der Waals surface area contributed by atoms with Gasteiger partial charge in [0.25, 0.3) is 10.0 Å². The van der Waals surface area contributed by atoms with Crippen LogP contribution in [0, 0.1) is 0 Å². The first-order chi connectivity index (χ1) is 12.0. The second kappa shape index (κ2) is 7.76. The van der Waals surface area contributed by atoms with Gasteiger partial charge in [0.2, 0.25) is 0 Å². The molecular weight excluding hydrogens is 402 g/mol. The van der Waals surface area contributed by atoms with E-state index >= 15 is 0 Å². The van der Waals surface area contributed by atoms with E-state index in [1.165, 1.54) is 0 Å². The molecule has 25 heavy (non-hydrogen) atoms. The minimum atomic E-state index is -3.61. The Kier molecular flexibility index (Phi) is 5.66. The molecule has 0 radical (unpaired) electrons. The number of likely N-dealkylation sites (tertiary alicyclic amines) is 1. The molecule has 1 aliphatic rings. The zero-order valence-corrected chi connectivity index (χ0v) is 16.5. The van der Waals surface area contributed by atoms with Crippen LogP contribution in [0.5, 0.6) is 0 Å². The Hall–Kier alpha value is -1.57. The van der Waals surface area contributed by atoms with E-state index in [9.17, 15) is 8.42 Å². The number of sulfonamides is 1. The van der Waals surface area contributed by atoms with Crippen molar-refractivity contribution in [2.45, 2.75) is 23.8 Å². The molecular formula is C18H22BrN3O2S. The van der Waals surface area contributed by atoms with Crippen molar-refractivity contribution in [2.24, 2.45) is 0 Å². The molecule has 0 amide bonds. The maximum atomic E-state index is 12.5. The zero-order chi connectivity index (χ0) is 17.9. The summed E-state index contributed by atoms with van der Waals surface area (Å²) in [5.41, 5.74) is 1.43. The summed E-state index contributed by atoms with van der Waals surface area (Å²) < 4.78 is 28.5. The summed E-state index contributed by atoms with van der Waals surface area (Å²) >= 11 is 3.55. The summed E-state index contributed by atoms with van der Waals surface area (Å²) in [7, 11) is -1.48. The van der Waals surface area contributed by atoms with Gasteiger partial charge < -0.3 is 10.2 Å². The number of benzene rings is 2. The third-order valence-electron chi connectivity index (χ3n) is 4.37. The molecule has 1 fully saturated rings. The van der Waals surface area contributed by atoms with Gasteiger partial charge in [0, 0.05) is 6.04 Å². The van der Waals surface area contributed by atoms with Crippen molar-refractivity contribution in [2.75, 3.05) is 30.2 Å². The van der Waals surface area contributed by atoms with Gasteiger partial charge >= 0.3 is 0 Å². The Bertz CT molecular complexity index is 819. The SMILES string of the molecule is CN1CCC(Nc2cccc(NS(=O)(=O)c3ccccc3)c2Br)CC1. The predicted molar refractivity (Wildman–Crippen MR) is 106 cm³/mol. The molecule has 2 aromatic rings. The topological polar surface area (TPSA) is 61.4 Å². The van der Waals surface area contributed by atoms with Crippen LogP contribution in [-0.4, -0.2) is 39.5 Å². The molecule has 3 rings (SSSR count). The molecule has 1 saturated heterocycles. The lowest BCUT2D eigenvalue weighted by Gasteiger charge is -2.30. The third kappa shape index (κ3) is 4.54. The number of anilines is 2. The van der Waals surface area contributed by atoms with E-state index in [4.69, 9.17) is 0 Å². The Morgan fingerprint density at radius 1 is 1.00 bits per heavy atom. The standard InChI is InChI=1S/C18H22BrN3O2S/c1-22-12-10-14(11-13-22)20-16-8-5-9-17(18(16)19)21-25(23,24)15-6-3-2-4-7-15/h2-9,14,20-21H,10-13H2,1H3. The summed E-state index contributed by atoms with van der Waals surface area (Å²) in [6, 6.07) is 14.3. The number of hydrogen-bond donors (Lipinski definition) is 2. The minimum Gasteiger partial charge on any atom is -0.381 e. The zero-order valence-electron chi connectivity index (χ0n) is 14.1. The first-order valence-electron chi connectivity index (χ1n) is 8.27. The number of nitrogens with one attached hydrogen (secondary N) is 2. The van der Waals surface area contributed by atoms with Gasteiger partial charge in [-0.05, 0) is 73.2 Å². The van der Waals surface area contributed by atoms with Crippen LogP contribution in [-0.2, 0) is 10.0 Å². The summed E-state index contributed by atoms with van der Waals surface area (Å²) in [4.78, 5) is 2.56. The normalized spacial score (nSPS) is 16.6. The lowest BCUT2D eigenvalue weighted by atomic mass is 10.1. The lowest BCUT2D eigenvalue weighted by Crippen LogP contribution is -2.36. The van der Waals surface area contributed by atoms with Crippen molar-refractivity contribution in [3.05, 3.63) is 53.0 Å². The second-order valence-electron chi connectivity index (χ2n) is 6.31. The average molecular weight is 424 g/mol. The molecule has 1 heterocycles.